The minimum absolute atomic E-state index is 0.0922. The third-order valence-corrected chi connectivity index (χ3v) is 6.47. The van der Waals surface area contributed by atoms with Crippen molar-refractivity contribution in [3.05, 3.63) is 11.6 Å². The van der Waals surface area contributed by atoms with Crippen LogP contribution in [0.3, 0.4) is 0 Å². The Morgan fingerprint density at radius 3 is 2.81 bits per heavy atom. The van der Waals surface area contributed by atoms with Gasteiger partial charge in [0.1, 0.15) is 0 Å². The van der Waals surface area contributed by atoms with Gasteiger partial charge >= 0.3 is 0 Å². The quantitative estimate of drug-likeness (QED) is 0.356. The van der Waals surface area contributed by atoms with E-state index in [1.54, 1.807) is 0 Å². The van der Waals surface area contributed by atoms with Gasteiger partial charge in [-0.25, -0.2) is 5.26 Å². The molecule has 5 atom stereocenters. The first-order valence-corrected chi connectivity index (χ1v) is 8.67. The molecule has 1 saturated carbocycles. The number of ether oxygens (including phenoxy) is 1. The molecule has 120 valence electrons. The fraction of sp³-hybridized carbons (Fsp3) is 0.875. The maximum atomic E-state index is 8.67. The molecule has 1 N–H and O–H groups in total. The van der Waals surface area contributed by atoms with Crippen molar-refractivity contribution < 1.29 is 18.5 Å². The fourth-order valence-corrected chi connectivity index (χ4v) is 5.37. The van der Waals surface area contributed by atoms with Crippen LogP contribution in [0.1, 0.15) is 53.4 Å². The molecule has 4 nitrogen and oxygen atoms in total. The summed E-state index contributed by atoms with van der Waals surface area (Å²) >= 11 is 0.634. The van der Waals surface area contributed by atoms with Crippen LogP contribution in [0.25, 0.3) is 0 Å². The van der Waals surface area contributed by atoms with E-state index in [0.29, 0.717) is 36.0 Å². The Bertz CT molecular complexity index is 438. The second kappa shape index (κ2) is 5.53. The maximum Gasteiger partial charge on any atom is 0.197 e. The van der Waals surface area contributed by atoms with Crippen molar-refractivity contribution >= 4 is 12.3 Å². The first-order chi connectivity index (χ1) is 9.99. The van der Waals surface area contributed by atoms with E-state index in [4.69, 9.17) is 14.2 Å². The summed E-state index contributed by atoms with van der Waals surface area (Å²) in [6.45, 7) is 8.88. The highest BCUT2D eigenvalue weighted by molar-refractivity contribution is 7.89. The summed E-state index contributed by atoms with van der Waals surface area (Å²) < 4.78 is 16.6. The topological polar surface area (TPSA) is 47.9 Å². The summed E-state index contributed by atoms with van der Waals surface area (Å²) in [5, 5.41) is 8.67. The maximum absolute atomic E-state index is 8.67. The van der Waals surface area contributed by atoms with E-state index in [1.165, 1.54) is 18.4 Å². The summed E-state index contributed by atoms with van der Waals surface area (Å²) in [4.78, 5) is 0. The van der Waals surface area contributed by atoms with Crippen molar-refractivity contribution in [2.45, 2.75) is 64.8 Å². The molecule has 0 aromatic heterocycles. The molecule has 0 aromatic carbocycles. The third kappa shape index (κ3) is 2.20. The zero-order chi connectivity index (χ0) is 15.3. The molecular weight excluding hydrogens is 288 g/mol. The van der Waals surface area contributed by atoms with E-state index in [1.807, 2.05) is 0 Å². The molecule has 5 heteroatoms. The van der Waals surface area contributed by atoms with Gasteiger partial charge in [0.05, 0.1) is 5.60 Å². The normalized spacial score (nSPS) is 47.3. The average Bonchev–Trinajstić information content (AvgIpc) is 2.93. The minimum Gasteiger partial charge on any atom is -0.341 e. The molecule has 1 aliphatic carbocycles. The van der Waals surface area contributed by atoms with Crippen LogP contribution in [0, 0.1) is 23.7 Å². The Labute approximate surface area is 131 Å². The lowest BCUT2D eigenvalue weighted by Crippen LogP contribution is -2.49. The van der Waals surface area contributed by atoms with Gasteiger partial charge in [0.25, 0.3) is 0 Å². The van der Waals surface area contributed by atoms with Crippen molar-refractivity contribution in [2.75, 3.05) is 0 Å². The van der Waals surface area contributed by atoms with Crippen molar-refractivity contribution in [3.63, 3.8) is 0 Å². The summed E-state index contributed by atoms with van der Waals surface area (Å²) in [5.41, 5.74) is 1.36. The predicted molar refractivity (Wildman–Crippen MR) is 82.1 cm³/mol. The molecule has 3 fully saturated rings. The van der Waals surface area contributed by atoms with Gasteiger partial charge in [-0.15, -0.1) is 4.33 Å². The Kier molecular flexibility index (Phi) is 4.17. The Hall–Kier alpha value is -0.0700. The van der Waals surface area contributed by atoms with E-state index >= 15 is 0 Å². The molecule has 1 spiro atoms. The predicted octanol–water partition coefficient (Wildman–Crippen LogP) is 4.58. The summed E-state index contributed by atoms with van der Waals surface area (Å²) in [5.74, 6) is 1.19. The zero-order valence-corrected chi connectivity index (χ0v) is 14.1. The van der Waals surface area contributed by atoms with Crippen LogP contribution in [0.2, 0.25) is 0 Å². The molecule has 0 aromatic rings. The van der Waals surface area contributed by atoms with Crippen LogP contribution >= 0.6 is 12.3 Å². The molecule has 5 unspecified atom stereocenters. The van der Waals surface area contributed by atoms with Gasteiger partial charge < -0.3 is 4.74 Å². The van der Waals surface area contributed by atoms with Crippen LogP contribution < -0.4 is 0 Å². The van der Waals surface area contributed by atoms with E-state index in [9.17, 15) is 0 Å². The first-order valence-electron chi connectivity index (χ1n) is 8.00. The standard InChI is InChI=1S/C16H26O4S/c1-5-12-8-16(19-21-20-17)14(10(2)3)9-15(18-16)11(4)6-7-13(12)15/h5,10-11,13-14,17H,6-9H2,1-4H3/b12-5+. The van der Waals surface area contributed by atoms with Gasteiger partial charge in [-0.05, 0) is 38.0 Å². The number of allylic oxidation sites excluding steroid dienone is 1. The molecule has 3 aliphatic rings. The highest BCUT2D eigenvalue weighted by Crippen LogP contribution is 2.65. The lowest BCUT2D eigenvalue weighted by Gasteiger charge is -2.45. The van der Waals surface area contributed by atoms with Crippen molar-refractivity contribution in [1.82, 2.24) is 0 Å². The van der Waals surface area contributed by atoms with Crippen LogP contribution in [-0.4, -0.2) is 16.6 Å². The van der Waals surface area contributed by atoms with Crippen LogP contribution in [-0.2, 0) is 13.3 Å². The van der Waals surface area contributed by atoms with Gasteiger partial charge in [0.2, 0.25) is 0 Å². The molecular formula is C16H26O4S. The van der Waals surface area contributed by atoms with E-state index in [-0.39, 0.29) is 5.60 Å². The van der Waals surface area contributed by atoms with Gasteiger partial charge in [-0.3, -0.25) is 4.18 Å². The molecule has 3 rings (SSSR count). The molecule has 0 amide bonds. The van der Waals surface area contributed by atoms with Crippen LogP contribution in [0.5, 0.6) is 0 Å². The van der Waals surface area contributed by atoms with E-state index in [2.05, 4.69) is 38.1 Å². The van der Waals surface area contributed by atoms with E-state index in [0.717, 1.165) is 12.8 Å². The first kappa shape index (κ1) is 15.8. The highest BCUT2D eigenvalue weighted by Gasteiger charge is 2.68. The Morgan fingerprint density at radius 2 is 2.19 bits per heavy atom. The van der Waals surface area contributed by atoms with Crippen molar-refractivity contribution in [3.8, 4) is 0 Å². The third-order valence-electron chi connectivity index (χ3n) is 6.06. The van der Waals surface area contributed by atoms with Gasteiger partial charge in [-0.2, -0.15) is 0 Å². The lowest BCUT2D eigenvalue weighted by atomic mass is 9.77. The van der Waals surface area contributed by atoms with Gasteiger partial charge in [0, 0.05) is 18.3 Å². The highest BCUT2D eigenvalue weighted by atomic mass is 32.2. The monoisotopic (exact) mass is 314 g/mol. The Morgan fingerprint density at radius 1 is 1.43 bits per heavy atom. The largest absolute Gasteiger partial charge is 0.341 e. The molecule has 2 heterocycles. The second-order valence-corrected chi connectivity index (χ2v) is 7.67. The fourth-order valence-electron chi connectivity index (χ4n) is 5.00. The van der Waals surface area contributed by atoms with E-state index < -0.39 is 5.79 Å². The minimum atomic E-state index is -0.668. The molecule has 2 aliphatic heterocycles. The number of hydrogen-bond acceptors (Lipinski definition) is 5. The van der Waals surface area contributed by atoms with Crippen molar-refractivity contribution in [1.29, 1.82) is 0 Å². The molecule has 2 saturated heterocycles. The Balaban J connectivity index is 2.02. The second-order valence-electron chi connectivity index (χ2n) is 7.22. The molecule has 2 bridgehead atoms. The molecule has 0 radical (unpaired) electrons. The number of hydrogen-bond donors (Lipinski definition) is 1. The number of rotatable bonds is 4. The van der Waals surface area contributed by atoms with Crippen molar-refractivity contribution in [2.24, 2.45) is 23.7 Å². The smallest absolute Gasteiger partial charge is 0.197 e. The summed E-state index contributed by atoms with van der Waals surface area (Å²) in [6.07, 6.45) is 6.49. The SMILES string of the molecule is C/C=C1\CC2(OSOO)OC3(CC2C(C)C)C(C)CCC13. The van der Waals surface area contributed by atoms with Gasteiger partial charge in [0.15, 0.2) is 18.1 Å². The summed E-state index contributed by atoms with van der Waals surface area (Å²) in [7, 11) is 0. The average molecular weight is 314 g/mol. The summed E-state index contributed by atoms with van der Waals surface area (Å²) in [6, 6.07) is 0. The zero-order valence-electron chi connectivity index (χ0n) is 13.3. The van der Waals surface area contributed by atoms with Crippen LogP contribution in [0.4, 0.5) is 0 Å². The van der Waals surface area contributed by atoms with Gasteiger partial charge in [-0.1, -0.05) is 32.4 Å². The van der Waals surface area contributed by atoms with Crippen LogP contribution in [0.15, 0.2) is 11.6 Å². The molecule has 21 heavy (non-hydrogen) atoms. The number of fused-ring (bicyclic) bond motifs is 1. The lowest BCUT2D eigenvalue weighted by molar-refractivity contribution is -0.255.